The van der Waals surface area contributed by atoms with Crippen LogP contribution in [0.15, 0.2) is 30.3 Å². The van der Waals surface area contributed by atoms with E-state index in [0.717, 1.165) is 5.56 Å². The maximum Gasteiger partial charge on any atom is 0.262 e. The molecule has 25 heavy (non-hydrogen) atoms. The van der Waals surface area contributed by atoms with Crippen molar-refractivity contribution >= 4 is 5.91 Å². The summed E-state index contributed by atoms with van der Waals surface area (Å²) < 4.78 is 39.2. The third-order valence-electron chi connectivity index (χ3n) is 4.94. The molecule has 1 amide bonds. The Hall–Kier alpha value is -1.57. The summed E-state index contributed by atoms with van der Waals surface area (Å²) in [7, 11) is 1.52. The van der Waals surface area contributed by atoms with Crippen molar-refractivity contribution in [2.24, 2.45) is 5.92 Å². The average molecular weight is 354 g/mol. The highest BCUT2D eigenvalue weighted by Crippen LogP contribution is 2.34. The maximum atomic E-state index is 14.3. The molecule has 1 unspecified atom stereocenters. The van der Waals surface area contributed by atoms with Crippen LogP contribution in [0.2, 0.25) is 0 Å². The minimum Gasteiger partial charge on any atom is -0.377 e. The summed E-state index contributed by atoms with van der Waals surface area (Å²) in [6.07, 6.45) is -0.603. The smallest absolute Gasteiger partial charge is 0.262 e. The van der Waals surface area contributed by atoms with E-state index in [1.165, 1.54) is 7.11 Å². The predicted octanol–water partition coefficient (Wildman–Crippen LogP) is 1.67. The van der Waals surface area contributed by atoms with Crippen LogP contribution in [0.25, 0.3) is 0 Å². The molecule has 2 heterocycles. The zero-order valence-corrected chi connectivity index (χ0v) is 14.3. The molecule has 0 spiro atoms. The summed E-state index contributed by atoms with van der Waals surface area (Å²) in [5.41, 5.74) is 1.05. The number of hydrogen-bond acceptors (Lipinski definition) is 4. The topological polar surface area (TPSA) is 50.8 Å². The molecule has 3 rings (SSSR count). The van der Waals surface area contributed by atoms with Gasteiger partial charge < -0.3 is 14.8 Å². The maximum absolute atomic E-state index is 14.3. The molecule has 1 aromatic carbocycles. The van der Waals surface area contributed by atoms with E-state index in [2.05, 4.69) is 5.32 Å². The summed E-state index contributed by atoms with van der Waals surface area (Å²) in [5, 5.41) is 2.69. The van der Waals surface area contributed by atoms with Crippen LogP contribution in [-0.4, -0.2) is 62.3 Å². The van der Waals surface area contributed by atoms with Gasteiger partial charge in [0.05, 0.1) is 19.3 Å². The first kappa shape index (κ1) is 18.2. The van der Waals surface area contributed by atoms with Crippen molar-refractivity contribution in [2.75, 3.05) is 33.4 Å². The van der Waals surface area contributed by atoms with Crippen LogP contribution in [0, 0.1) is 5.92 Å². The van der Waals surface area contributed by atoms with Gasteiger partial charge in [-0.15, -0.1) is 0 Å². The number of alkyl halides is 2. The van der Waals surface area contributed by atoms with Crippen LogP contribution >= 0.6 is 0 Å². The molecule has 1 aromatic rings. The van der Waals surface area contributed by atoms with Crippen molar-refractivity contribution in [1.82, 2.24) is 10.2 Å². The number of carbonyl (C=O) groups is 1. The number of ether oxygens (including phenoxy) is 2. The molecule has 2 fully saturated rings. The van der Waals surface area contributed by atoms with Gasteiger partial charge in [-0.05, 0) is 5.56 Å². The fraction of sp³-hybridized carbons (Fsp3) is 0.611. The van der Waals surface area contributed by atoms with E-state index in [-0.39, 0.29) is 38.3 Å². The first-order valence-corrected chi connectivity index (χ1v) is 8.54. The van der Waals surface area contributed by atoms with E-state index in [1.807, 2.05) is 35.2 Å². The SMILES string of the molecule is CO[C@H]1COC[C@@H]1NC(=O)C1CN(Cc2ccccc2)CCC1(F)F. The van der Waals surface area contributed by atoms with Gasteiger partial charge in [-0.1, -0.05) is 30.3 Å². The van der Waals surface area contributed by atoms with Crippen LogP contribution in [0.4, 0.5) is 8.78 Å². The molecule has 2 saturated heterocycles. The Labute approximate surface area is 146 Å². The number of piperidine rings is 1. The lowest BCUT2D eigenvalue weighted by atomic mass is 9.92. The number of methoxy groups -OCH3 is 1. The number of hydrogen-bond donors (Lipinski definition) is 1. The van der Waals surface area contributed by atoms with Gasteiger partial charge >= 0.3 is 0 Å². The monoisotopic (exact) mass is 354 g/mol. The molecule has 2 aliphatic rings. The van der Waals surface area contributed by atoms with E-state index < -0.39 is 17.7 Å². The summed E-state index contributed by atoms with van der Waals surface area (Å²) in [6.45, 7) is 1.53. The van der Waals surface area contributed by atoms with Crippen molar-refractivity contribution in [1.29, 1.82) is 0 Å². The number of carbonyl (C=O) groups excluding carboxylic acids is 1. The highest BCUT2D eigenvalue weighted by molar-refractivity contribution is 5.80. The van der Waals surface area contributed by atoms with E-state index >= 15 is 0 Å². The van der Waals surface area contributed by atoms with Crippen LogP contribution < -0.4 is 5.32 Å². The highest BCUT2D eigenvalue weighted by atomic mass is 19.3. The first-order chi connectivity index (χ1) is 12.0. The van der Waals surface area contributed by atoms with Crippen LogP contribution in [0.1, 0.15) is 12.0 Å². The van der Waals surface area contributed by atoms with Crippen molar-refractivity contribution in [3.63, 3.8) is 0 Å². The number of likely N-dealkylation sites (tertiary alicyclic amines) is 1. The lowest BCUT2D eigenvalue weighted by molar-refractivity contribution is -0.152. The van der Waals surface area contributed by atoms with Gasteiger partial charge in [0, 0.05) is 33.2 Å². The minimum atomic E-state index is -3.00. The third kappa shape index (κ3) is 4.34. The lowest BCUT2D eigenvalue weighted by Gasteiger charge is -2.38. The molecule has 0 bridgehead atoms. The van der Waals surface area contributed by atoms with Crippen LogP contribution in [0.3, 0.4) is 0 Å². The summed E-state index contributed by atoms with van der Waals surface area (Å²) >= 11 is 0. The molecule has 1 N–H and O–H groups in total. The molecular formula is C18H24F2N2O3. The molecule has 0 aromatic heterocycles. The van der Waals surface area contributed by atoms with Crippen molar-refractivity contribution in [2.45, 2.75) is 31.0 Å². The van der Waals surface area contributed by atoms with Gasteiger partial charge in [0.15, 0.2) is 0 Å². The minimum absolute atomic E-state index is 0.0406. The third-order valence-corrected chi connectivity index (χ3v) is 4.94. The summed E-state index contributed by atoms with van der Waals surface area (Å²) in [6, 6.07) is 9.30. The Kier molecular flexibility index (Phi) is 5.66. The molecule has 2 aliphatic heterocycles. The van der Waals surface area contributed by atoms with Gasteiger partial charge in [-0.25, -0.2) is 8.78 Å². The lowest BCUT2D eigenvalue weighted by Crippen LogP contribution is -2.56. The van der Waals surface area contributed by atoms with E-state index in [4.69, 9.17) is 9.47 Å². The average Bonchev–Trinajstić information content (AvgIpc) is 3.04. The second kappa shape index (κ2) is 7.76. The number of nitrogens with zero attached hydrogens (tertiary/aromatic N) is 1. The molecule has 5 nitrogen and oxygen atoms in total. The Morgan fingerprint density at radius 3 is 2.84 bits per heavy atom. The Morgan fingerprint density at radius 1 is 1.36 bits per heavy atom. The second-order valence-corrected chi connectivity index (χ2v) is 6.71. The Balaban J connectivity index is 1.63. The fourth-order valence-electron chi connectivity index (χ4n) is 3.41. The molecule has 0 radical (unpaired) electrons. The van der Waals surface area contributed by atoms with Gasteiger partial charge in [0.1, 0.15) is 12.0 Å². The molecule has 3 atom stereocenters. The standard InChI is InChI=1S/C18H24F2N2O3/c1-24-16-12-25-11-15(16)21-17(23)14-10-22(8-7-18(14,19)20)9-13-5-3-2-4-6-13/h2-6,14-16H,7-12H2,1H3,(H,21,23)/t14?,15-,16-/m0/s1. The number of amides is 1. The molecule has 138 valence electrons. The molecule has 0 saturated carbocycles. The summed E-state index contributed by atoms with van der Waals surface area (Å²) in [5.74, 6) is -4.98. The summed E-state index contributed by atoms with van der Waals surface area (Å²) in [4.78, 5) is 14.4. The van der Waals surface area contributed by atoms with Crippen LogP contribution in [0.5, 0.6) is 0 Å². The van der Waals surface area contributed by atoms with E-state index in [9.17, 15) is 13.6 Å². The second-order valence-electron chi connectivity index (χ2n) is 6.71. The number of rotatable bonds is 5. The number of benzene rings is 1. The molecule has 0 aliphatic carbocycles. The normalized spacial score (nSPS) is 29.5. The Morgan fingerprint density at radius 2 is 2.12 bits per heavy atom. The van der Waals surface area contributed by atoms with Crippen LogP contribution in [-0.2, 0) is 20.8 Å². The van der Waals surface area contributed by atoms with Gasteiger partial charge in [0.2, 0.25) is 5.91 Å². The number of halogens is 2. The highest BCUT2D eigenvalue weighted by Gasteiger charge is 2.49. The van der Waals surface area contributed by atoms with E-state index in [0.29, 0.717) is 13.2 Å². The molecular weight excluding hydrogens is 330 g/mol. The zero-order valence-electron chi connectivity index (χ0n) is 14.3. The van der Waals surface area contributed by atoms with Crippen molar-refractivity contribution in [3.05, 3.63) is 35.9 Å². The van der Waals surface area contributed by atoms with Crippen molar-refractivity contribution < 1.29 is 23.0 Å². The van der Waals surface area contributed by atoms with Crippen molar-refractivity contribution in [3.8, 4) is 0 Å². The van der Waals surface area contributed by atoms with Gasteiger partial charge in [-0.3, -0.25) is 9.69 Å². The first-order valence-electron chi connectivity index (χ1n) is 8.54. The van der Waals surface area contributed by atoms with Gasteiger partial charge in [-0.2, -0.15) is 0 Å². The predicted molar refractivity (Wildman–Crippen MR) is 88.3 cm³/mol. The molecule has 7 heteroatoms. The van der Waals surface area contributed by atoms with Gasteiger partial charge in [0.25, 0.3) is 5.92 Å². The quantitative estimate of drug-likeness (QED) is 0.874. The Bertz CT molecular complexity index is 585. The van der Waals surface area contributed by atoms with E-state index in [1.54, 1.807) is 0 Å². The zero-order chi connectivity index (χ0) is 17.9. The fourth-order valence-corrected chi connectivity index (χ4v) is 3.41. The largest absolute Gasteiger partial charge is 0.377 e. The number of nitrogens with one attached hydrogen (secondary N) is 1.